The standard InChI is InChI=1S/C13H24N2O4/c1-13(2,3)19-12(18)15-7-9(11(16)17)6-10(8-15)14(4)5/h9-10H,6-8H2,1-5H3,(H,16,17)/t9-,10+/m0/s1. The molecule has 0 radical (unpaired) electrons. The minimum Gasteiger partial charge on any atom is -0.481 e. The Morgan fingerprint density at radius 1 is 1.26 bits per heavy atom. The second kappa shape index (κ2) is 5.77. The first-order chi connectivity index (χ1) is 8.60. The fourth-order valence-electron chi connectivity index (χ4n) is 2.10. The van der Waals surface area contributed by atoms with E-state index in [4.69, 9.17) is 4.74 Å². The predicted octanol–water partition coefficient (Wildman–Crippen LogP) is 1.26. The van der Waals surface area contributed by atoms with Crippen molar-refractivity contribution >= 4 is 12.1 Å². The van der Waals surface area contributed by atoms with Gasteiger partial charge >= 0.3 is 12.1 Å². The number of carbonyl (C=O) groups is 2. The summed E-state index contributed by atoms with van der Waals surface area (Å²) in [5.74, 6) is -1.39. The minimum absolute atomic E-state index is 0.0439. The number of likely N-dealkylation sites (tertiary alicyclic amines) is 1. The number of hydrogen-bond donors (Lipinski definition) is 1. The van der Waals surface area contributed by atoms with Crippen molar-refractivity contribution in [1.82, 2.24) is 9.80 Å². The van der Waals surface area contributed by atoms with Crippen molar-refractivity contribution in [2.75, 3.05) is 27.2 Å². The molecule has 0 spiro atoms. The molecule has 6 nitrogen and oxygen atoms in total. The molecule has 1 aliphatic heterocycles. The van der Waals surface area contributed by atoms with E-state index >= 15 is 0 Å². The number of carbonyl (C=O) groups excluding carboxylic acids is 1. The molecule has 2 atom stereocenters. The van der Waals surface area contributed by atoms with Crippen LogP contribution >= 0.6 is 0 Å². The van der Waals surface area contributed by atoms with E-state index in [1.165, 1.54) is 4.90 Å². The quantitative estimate of drug-likeness (QED) is 0.819. The van der Waals surface area contributed by atoms with Crippen molar-refractivity contribution < 1.29 is 19.4 Å². The summed E-state index contributed by atoms with van der Waals surface area (Å²) in [4.78, 5) is 26.7. The third-order valence-corrected chi connectivity index (χ3v) is 3.16. The zero-order chi connectivity index (χ0) is 14.8. The predicted molar refractivity (Wildman–Crippen MR) is 71.0 cm³/mol. The number of ether oxygens (including phenoxy) is 1. The van der Waals surface area contributed by atoms with Gasteiger partial charge in [-0.05, 0) is 41.3 Å². The van der Waals surface area contributed by atoms with Gasteiger partial charge in [0.1, 0.15) is 5.60 Å². The summed E-state index contributed by atoms with van der Waals surface area (Å²) in [5, 5.41) is 9.17. The number of amides is 1. The van der Waals surface area contributed by atoms with Gasteiger partial charge in [0, 0.05) is 19.1 Å². The van der Waals surface area contributed by atoms with Crippen molar-refractivity contribution in [1.29, 1.82) is 0 Å². The van der Waals surface area contributed by atoms with Crippen molar-refractivity contribution in [3.8, 4) is 0 Å². The summed E-state index contributed by atoms with van der Waals surface area (Å²) >= 11 is 0. The maximum Gasteiger partial charge on any atom is 0.410 e. The van der Waals surface area contributed by atoms with Crippen LogP contribution in [0.1, 0.15) is 27.2 Å². The largest absolute Gasteiger partial charge is 0.481 e. The zero-order valence-electron chi connectivity index (χ0n) is 12.3. The van der Waals surface area contributed by atoms with Gasteiger partial charge in [0.2, 0.25) is 0 Å². The number of rotatable bonds is 2. The van der Waals surface area contributed by atoms with Gasteiger partial charge in [-0.15, -0.1) is 0 Å². The van der Waals surface area contributed by atoms with E-state index in [0.29, 0.717) is 13.0 Å². The van der Waals surface area contributed by atoms with Crippen LogP contribution in [-0.4, -0.2) is 65.8 Å². The maximum atomic E-state index is 12.0. The van der Waals surface area contributed by atoms with Crippen LogP contribution in [0.4, 0.5) is 4.79 Å². The van der Waals surface area contributed by atoms with E-state index in [2.05, 4.69) is 0 Å². The van der Waals surface area contributed by atoms with Crippen LogP contribution in [0.2, 0.25) is 0 Å². The topological polar surface area (TPSA) is 70.1 Å². The first kappa shape index (κ1) is 15.8. The fraction of sp³-hybridized carbons (Fsp3) is 0.846. The van der Waals surface area contributed by atoms with Crippen molar-refractivity contribution in [3.05, 3.63) is 0 Å². The summed E-state index contributed by atoms with van der Waals surface area (Å²) in [5.41, 5.74) is -0.569. The highest BCUT2D eigenvalue weighted by Crippen LogP contribution is 2.22. The Hall–Kier alpha value is -1.30. The molecule has 110 valence electrons. The van der Waals surface area contributed by atoms with Crippen LogP contribution in [0.5, 0.6) is 0 Å². The lowest BCUT2D eigenvalue weighted by Crippen LogP contribution is -2.53. The Balaban J connectivity index is 2.76. The number of carboxylic acids is 1. The van der Waals surface area contributed by atoms with Gasteiger partial charge in [0.05, 0.1) is 5.92 Å². The average molecular weight is 272 g/mol. The molecule has 19 heavy (non-hydrogen) atoms. The second-order valence-electron chi connectivity index (χ2n) is 6.27. The van der Waals surface area contributed by atoms with Crippen LogP contribution in [0, 0.1) is 5.92 Å². The van der Waals surface area contributed by atoms with Crippen LogP contribution in [0.15, 0.2) is 0 Å². The number of carboxylic acid groups (broad SMARTS) is 1. The normalized spacial score (nSPS) is 24.4. The molecule has 0 bridgehead atoms. The average Bonchev–Trinajstić information content (AvgIpc) is 2.25. The summed E-state index contributed by atoms with van der Waals surface area (Å²) < 4.78 is 5.31. The molecule has 1 heterocycles. The Morgan fingerprint density at radius 3 is 2.26 bits per heavy atom. The molecule has 0 saturated carbocycles. The Morgan fingerprint density at radius 2 is 1.84 bits per heavy atom. The molecule has 0 aliphatic carbocycles. The molecule has 0 aromatic heterocycles. The molecule has 1 fully saturated rings. The van der Waals surface area contributed by atoms with Crippen LogP contribution < -0.4 is 0 Å². The van der Waals surface area contributed by atoms with Gasteiger partial charge in [-0.1, -0.05) is 0 Å². The summed E-state index contributed by atoms with van der Waals surface area (Å²) in [6.07, 6.45) is 0.118. The van der Waals surface area contributed by atoms with E-state index in [-0.39, 0.29) is 12.6 Å². The molecule has 0 unspecified atom stereocenters. The zero-order valence-corrected chi connectivity index (χ0v) is 12.3. The maximum absolute atomic E-state index is 12.0. The van der Waals surface area contributed by atoms with E-state index in [1.807, 2.05) is 19.0 Å². The third-order valence-electron chi connectivity index (χ3n) is 3.16. The highest BCUT2D eigenvalue weighted by atomic mass is 16.6. The van der Waals surface area contributed by atoms with Gasteiger partial charge in [-0.2, -0.15) is 0 Å². The lowest BCUT2D eigenvalue weighted by Gasteiger charge is -2.39. The van der Waals surface area contributed by atoms with Crippen LogP contribution in [0.3, 0.4) is 0 Å². The first-order valence-electron chi connectivity index (χ1n) is 6.47. The van der Waals surface area contributed by atoms with Crippen molar-refractivity contribution in [3.63, 3.8) is 0 Å². The Labute approximate surface area is 114 Å². The number of hydrogen-bond acceptors (Lipinski definition) is 4. The molecule has 0 aromatic carbocycles. The summed E-state index contributed by atoms with van der Waals surface area (Å²) in [7, 11) is 3.78. The first-order valence-corrected chi connectivity index (χ1v) is 6.47. The summed E-state index contributed by atoms with van der Waals surface area (Å²) in [6.45, 7) is 6.12. The smallest absolute Gasteiger partial charge is 0.410 e. The Bertz CT molecular complexity index is 349. The van der Waals surface area contributed by atoms with Gasteiger partial charge < -0.3 is 19.6 Å². The molecular formula is C13H24N2O4. The highest BCUT2D eigenvalue weighted by molar-refractivity contribution is 5.73. The lowest BCUT2D eigenvalue weighted by atomic mass is 9.94. The van der Waals surface area contributed by atoms with E-state index in [0.717, 1.165) is 0 Å². The molecule has 0 aromatic rings. The molecule has 1 N–H and O–H groups in total. The molecule has 6 heteroatoms. The third kappa shape index (κ3) is 4.70. The fourth-order valence-corrected chi connectivity index (χ4v) is 2.10. The molecule has 1 aliphatic rings. The van der Waals surface area contributed by atoms with Gasteiger partial charge in [0.25, 0.3) is 0 Å². The van der Waals surface area contributed by atoms with Crippen LogP contribution in [0.25, 0.3) is 0 Å². The molecular weight excluding hydrogens is 248 g/mol. The molecule has 1 amide bonds. The van der Waals surface area contributed by atoms with Gasteiger partial charge in [-0.3, -0.25) is 4.79 Å². The van der Waals surface area contributed by atoms with Crippen molar-refractivity contribution in [2.24, 2.45) is 5.92 Å². The summed E-state index contributed by atoms with van der Waals surface area (Å²) in [6, 6.07) is 0.0439. The van der Waals surface area contributed by atoms with E-state index in [1.54, 1.807) is 20.8 Å². The SMILES string of the molecule is CN(C)[C@@H]1C[C@H](C(=O)O)CN(C(=O)OC(C)(C)C)C1. The van der Waals surface area contributed by atoms with E-state index < -0.39 is 23.6 Å². The highest BCUT2D eigenvalue weighted by Gasteiger charge is 2.36. The number of piperidine rings is 1. The van der Waals surface area contributed by atoms with Gasteiger partial charge in [0.15, 0.2) is 0 Å². The monoisotopic (exact) mass is 272 g/mol. The molecule has 1 rings (SSSR count). The number of likely N-dealkylation sites (N-methyl/N-ethyl adjacent to an activating group) is 1. The minimum atomic E-state index is -0.861. The Kier molecular flexibility index (Phi) is 4.79. The number of nitrogens with zero attached hydrogens (tertiary/aromatic N) is 2. The lowest BCUT2D eigenvalue weighted by molar-refractivity contribution is -0.144. The van der Waals surface area contributed by atoms with Crippen LogP contribution in [-0.2, 0) is 9.53 Å². The van der Waals surface area contributed by atoms with Crippen molar-refractivity contribution in [2.45, 2.75) is 38.8 Å². The molecule has 1 saturated heterocycles. The second-order valence-corrected chi connectivity index (χ2v) is 6.27. The number of aliphatic carboxylic acids is 1. The van der Waals surface area contributed by atoms with Gasteiger partial charge in [-0.25, -0.2) is 4.79 Å². The van der Waals surface area contributed by atoms with E-state index in [9.17, 15) is 14.7 Å².